The number of hydrogen-bond donors (Lipinski definition) is 1. The monoisotopic (exact) mass is 506 g/mol. The van der Waals surface area contributed by atoms with Gasteiger partial charge in [-0.25, -0.2) is 0 Å². The van der Waals surface area contributed by atoms with Crippen molar-refractivity contribution in [2.75, 3.05) is 7.11 Å². The molecule has 4 aromatic rings. The van der Waals surface area contributed by atoms with Crippen molar-refractivity contribution >= 4 is 17.4 Å². The Bertz CT molecular complexity index is 1520. The number of amides is 1. The van der Waals surface area contributed by atoms with Crippen molar-refractivity contribution in [2.45, 2.75) is 19.5 Å². The van der Waals surface area contributed by atoms with E-state index in [2.05, 4.69) is 4.98 Å². The number of rotatable bonds is 7. The van der Waals surface area contributed by atoms with Crippen molar-refractivity contribution in [3.8, 4) is 17.2 Å². The quantitative estimate of drug-likeness (QED) is 0.193. The molecule has 1 atom stereocenters. The number of aromatic nitrogens is 1. The summed E-state index contributed by atoms with van der Waals surface area (Å²) >= 11 is 0. The lowest BCUT2D eigenvalue weighted by Crippen LogP contribution is -2.29. The van der Waals surface area contributed by atoms with Crippen LogP contribution in [0.2, 0.25) is 0 Å². The van der Waals surface area contributed by atoms with Gasteiger partial charge >= 0.3 is 0 Å². The molecule has 1 aromatic heterocycles. The molecule has 0 unspecified atom stereocenters. The number of pyridine rings is 1. The van der Waals surface area contributed by atoms with Gasteiger partial charge in [0, 0.05) is 24.5 Å². The minimum absolute atomic E-state index is 0.0142. The molecule has 0 aliphatic carbocycles. The molecule has 1 fully saturated rings. The Balaban J connectivity index is 1.62. The highest BCUT2D eigenvalue weighted by molar-refractivity contribution is 6.46. The van der Waals surface area contributed by atoms with Crippen molar-refractivity contribution in [3.05, 3.63) is 125 Å². The highest BCUT2D eigenvalue weighted by Gasteiger charge is 2.46. The molecule has 7 nitrogen and oxygen atoms in total. The number of carbonyl (C=O) groups is 2. The van der Waals surface area contributed by atoms with Gasteiger partial charge in [-0.15, -0.1) is 0 Å². The van der Waals surface area contributed by atoms with E-state index in [-0.39, 0.29) is 17.9 Å². The van der Waals surface area contributed by atoms with E-state index in [0.717, 1.165) is 11.1 Å². The van der Waals surface area contributed by atoms with Crippen molar-refractivity contribution in [2.24, 2.45) is 0 Å². The molecule has 1 aliphatic heterocycles. The van der Waals surface area contributed by atoms with E-state index >= 15 is 0 Å². The van der Waals surface area contributed by atoms with E-state index in [1.807, 2.05) is 49.4 Å². The average molecular weight is 507 g/mol. The molecule has 1 N–H and O–H groups in total. The van der Waals surface area contributed by atoms with Crippen LogP contribution in [-0.4, -0.2) is 33.8 Å². The Morgan fingerprint density at radius 1 is 0.947 bits per heavy atom. The summed E-state index contributed by atoms with van der Waals surface area (Å²) in [6.45, 7) is 1.99. The molecule has 190 valence electrons. The molecule has 0 spiro atoms. The number of carbonyl (C=O) groups excluding carboxylic acids is 2. The molecule has 5 rings (SSSR count). The third kappa shape index (κ3) is 4.86. The lowest BCUT2D eigenvalue weighted by atomic mass is 9.94. The van der Waals surface area contributed by atoms with E-state index in [4.69, 9.17) is 9.47 Å². The van der Waals surface area contributed by atoms with Crippen LogP contribution in [-0.2, 0) is 16.1 Å². The smallest absolute Gasteiger partial charge is 0.295 e. The summed E-state index contributed by atoms with van der Waals surface area (Å²) in [7, 11) is 1.57. The summed E-state index contributed by atoms with van der Waals surface area (Å²) in [6, 6.07) is 24.4. The zero-order valence-electron chi connectivity index (χ0n) is 21.0. The van der Waals surface area contributed by atoms with Gasteiger partial charge in [-0.1, -0.05) is 36.4 Å². The van der Waals surface area contributed by atoms with Gasteiger partial charge < -0.3 is 19.5 Å². The number of aliphatic hydroxyl groups is 1. The van der Waals surface area contributed by atoms with Crippen LogP contribution in [0.4, 0.5) is 0 Å². The topological polar surface area (TPSA) is 89.0 Å². The van der Waals surface area contributed by atoms with Crippen LogP contribution < -0.4 is 9.47 Å². The number of ketones is 1. The van der Waals surface area contributed by atoms with Gasteiger partial charge in [0.05, 0.1) is 18.7 Å². The van der Waals surface area contributed by atoms with Crippen LogP contribution in [0.25, 0.3) is 5.76 Å². The molecular formula is C31H26N2O5. The van der Waals surface area contributed by atoms with E-state index < -0.39 is 17.7 Å². The fraction of sp³-hybridized carbons (Fsp3) is 0.129. The van der Waals surface area contributed by atoms with Gasteiger partial charge in [-0.2, -0.15) is 0 Å². The first-order valence-electron chi connectivity index (χ1n) is 12.1. The fourth-order valence-electron chi connectivity index (χ4n) is 4.63. The van der Waals surface area contributed by atoms with Gasteiger partial charge in [-0.3, -0.25) is 14.6 Å². The van der Waals surface area contributed by atoms with Crippen LogP contribution in [0.1, 0.15) is 28.3 Å². The molecule has 38 heavy (non-hydrogen) atoms. The standard InChI is InChI=1S/C31H26N2O5/c1-20-16-23(13-14-26(20)37-2)29(34)27-28(33(31(36)30(27)35)19-21-8-7-15-32-18-21)22-9-6-12-25(17-22)38-24-10-4-3-5-11-24/h3-18,28,34H,19H2,1-2H3/t28-/m0/s1. The number of likely N-dealkylation sites (tertiary alicyclic amines) is 1. The van der Waals surface area contributed by atoms with Crippen molar-refractivity contribution < 1.29 is 24.2 Å². The Hall–Kier alpha value is -4.91. The minimum Gasteiger partial charge on any atom is -0.507 e. The van der Waals surface area contributed by atoms with E-state index in [0.29, 0.717) is 28.4 Å². The predicted molar refractivity (Wildman–Crippen MR) is 143 cm³/mol. The third-order valence-corrected chi connectivity index (χ3v) is 6.44. The molecule has 0 saturated carbocycles. The van der Waals surface area contributed by atoms with Crippen LogP contribution in [0.5, 0.6) is 17.2 Å². The fourth-order valence-corrected chi connectivity index (χ4v) is 4.63. The van der Waals surface area contributed by atoms with Crippen molar-refractivity contribution in [1.82, 2.24) is 9.88 Å². The number of methoxy groups -OCH3 is 1. The maximum Gasteiger partial charge on any atom is 0.295 e. The Labute approximate surface area is 220 Å². The largest absolute Gasteiger partial charge is 0.507 e. The van der Waals surface area contributed by atoms with Gasteiger partial charge in [0.15, 0.2) is 0 Å². The molecular weight excluding hydrogens is 480 g/mol. The average Bonchev–Trinajstić information content (AvgIpc) is 3.19. The van der Waals surface area contributed by atoms with E-state index in [1.165, 1.54) is 4.90 Å². The number of aliphatic hydroxyl groups excluding tert-OH is 1. The number of Topliss-reactive ketones (excluding diaryl/α,β-unsaturated/α-hetero) is 1. The number of aryl methyl sites for hydroxylation is 1. The van der Waals surface area contributed by atoms with E-state index in [9.17, 15) is 14.7 Å². The second-order valence-corrected chi connectivity index (χ2v) is 8.96. The number of nitrogens with zero attached hydrogens (tertiary/aromatic N) is 2. The predicted octanol–water partition coefficient (Wildman–Crippen LogP) is 5.81. The van der Waals surface area contributed by atoms with Crippen molar-refractivity contribution in [3.63, 3.8) is 0 Å². The molecule has 3 aromatic carbocycles. The number of para-hydroxylation sites is 1. The zero-order chi connectivity index (χ0) is 26.6. The first kappa shape index (κ1) is 24.8. The summed E-state index contributed by atoms with van der Waals surface area (Å²) in [5, 5.41) is 11.4. The normalized spacial score (nSPS) is 16.5. The summed E-state index contributed by atoms with van der Waals surface area (Å²) in [5.41, 5.74) is 2.62. The first-order valence-corrected chi connectivity index (χ1v) is 12.1. The maximum atomic E-state index is 13.4. The summed E-state index contributed by atoms with van der Waals surface area (Å²) < 4.78 is 11.3. The second kappa shape index (κ2) is 10.6. The number of hydrogen-bond acceptors (Lipinski definition) is 6. The van der Waals surface area contributed by atoms with Gasteiger partial charge in [-0.05, 0) is 72.1 Å². The van der Waals surface area contributed by atoms with Crippen molar-refractivity contribution in [1.29, 1.82) is 0 Å². The maximum absolute atomic E-state index is 13.4. The Morgan fingerprint density at radius 2 is 1.74 bits per heavy atom. The molecule has 1 amide bonds. The van der Waals surface area contributed by atoms with E-state index in [1.54, 1.807) is 62.0 Å². The summed E-state index contributed by atoms with van der Waals surface area (Å²) in [6.07, 6.45) is 3.30. The molecule has 7 heteroatoms. The molecule has 2 heterocycles. The Morgan fingerprint density at radius 3 is 2.45 bits per heavy atom. The SMILES string of the molecule is COc1ccc(C(O)=C2C(=O)C(=O)N(Cc3cccnc3)[C@H]2c2cccc(Oc3ccccc3)c2)cc1C. The van der Waals surface area contributed by atoms with Gasteiger partial charge in [0.25, 0.3) is 11.7 Å². The Kier molecular flexibility index (Phi) is 6.91. The highest BCUT2D eigenvalue weighted by atomic mass is 16.5. The second-order valence-electron chi connectivity index (χ2n) is 8.96. The van der Waals surface area contributed by atoms with Crippen LogP contribution in [0.15, 0.2) is 103 Å². The third-order valence-electron chi connectivity index (χ3n) is 6.44. The summed E-state index contributed by atoms with van der Waals surface area (Å²) in [5.74, 6) is 0.158. The van der Waals surface area contributed by atoms with Crippen LogP contribution in [0.3, 0.4) is 0 Å². The highest BCUT2D eigenvalue weighted by Crippen LogP contribution is 2.41. The lowest BCUT2D eigenvalue weighted by Gasteiger charge is -2.25. The first-order chi connectivity index (χ1) is 18.5. The zero-order valence-corrected chi connectivity index (χ0v) is 21.0. The molecule has 1 saturated heterocycles. The molecule has 0 bridgehead atoms. The molecule has 0 radical (unpaired) electrons. The van der Waals surface area contributed by atoms with Gasteiger partial charge in [0.2, 0.25) is 0 Å². The molecule has 1 aliphatic rings. The lowest BCUT2D eigenvalue weighted by molar-refractivity contribution is -0.140. The van der Waals surface area contributed by atoms with Crippen LogP contribution in [0, 0.1) is 6.92 Å². The van der Waals surface area contributed by atoms with Gasteiger partial charge in [0.1, 0.15) is 23.0 Å². The minimum atomic E-state index is -0.836. The summed E-state index contributed by atoms with van der Waals surface area (Å²) in [4.78, 5) is 32.4. The number of benzene rings is 3. The number of ether oxygens (including phenoxy) is 2. The van der Waals surface area contributed by atoms with Crippen LogP contribution >= 0.6 is 0 Å².